The molecule has 0 bridgehead atoms. The fraction of sp³-hybridized carbons (Fsp3) is 1.00. The molecule has 0 aromatic heterocycles. The molecule has 0 aliphatic heterocycles. The van der Waals surface area contributed by atoms with Crippen molar-refractivity contribution in [1.82, 2.24) is 0 Å². The van der Waals surface area contributed by atoms with Crippen molar-refractivity contribution in [3.8, 4) is 0 Å². The summed E-state index contributed by atoms with van der Waals surface area (Å²) in [6.45, 7) is 4.36. The Morgan fingerprint density at radius 3 is 1.67 bits per heavy atom. The van der Waals surface area contributed by atoms with Crippen LogP contribution in [0, 0.1) is 0 Å². The molecule has 0 amide bonds. The van der Waals surface area contributed by atoms with E-state index in [1.54, 1.807) is 0 Å². The maximum Gasteiger partial charge on any atom is 0.694 e. The van der Waals surface area contributed by atoms with Gasteiger partial charge in [-0.25, -0.2) is 0 Å². The van der Waals surface area contributed by atoms with Gasteiger partial charge in [-0.1, -0.05) is 26.7 Å². The van der Waals surface area contributed by atoms with E-state index in [1.165, 1.54) is 20.0 Å². The summed E-state index contributed by atoms with van der Waals surface area (Å²) in [6.07, 6.45) is 2.64. The third-order valence-electron chi connectivity index (χ3n) is 0.656. The van der Waals surface area contributed by atoms with Gasteiger partial charge in [-0.3, -0.25) is 0 Å². The molecule has 0 heterocycles. The minimum atomic E-state index is -2.35. The van der Waals surface area contributed by atoms with Gasteiger partial charge in [0.2, 0.25) is 0 Å². The first-order valence-electron chi connectivity index (χ1n) is 2.89. The summed E-state index contributed by atoms with van der Waals surface area (Å²) in [5, 5.41) is 0. The number of rotatable bonds is 2. The van der Waals surface area contributed by atoms with E-state index >= 15 is 0 Å². The highest BCUT2D eigenvalue weighted by molar-refractivity contribution is 7.32. The zero-order chi connectivity index (χ0) is 7.70. The fourth-order valence-electron chi connectivity index (χ4n) is 0. The van der Waals surface area contributed by atoms with E-state index < -0.39 is 8.25 Å². The van der Waals surface area contributed by atoms with Gasteiger partial charge in [-0.2, -0.15) is 0 Å². The van der Waals surface area contributed by atoms with Crippen LogP contribution in [0.25, 0.3) is 0 Å². The van der Waals surface area contributed by atoms with Gasteiger partial charge in [0.15, 0.2) is 0 Å². The second-order valence-corrected chi connectivity index (χ2v) is 2.26. The summed E-state index contributed by atoms with van der Waals surface area (Å²) in [5.41, 5.74) is 0. The first-order valence-corrected chi connectivity index (χ1v) is 4.02. The Hall–Kier alpha value is 0.0200. The van der Waals surface area contributed by atoms with Crippen molar-refractivity contribution >= 4 is 8.25 Å². The molecule has 0 fully saturated rings. The highest BCUT2D eigenvalue weighted by atomic mass is 31.1. The zero-order valence-corrected chi connectivity index (χ0v) is 7.02. The molecule has 0 aromatic carbocycles. The van der Waals surface area contributed by atoms with Gasteiger partial charge < -0.3 is 0 Å². The summed E-state index contributed by atoms with van der Waals surface area (Å²) >= 11 is 0. The van der Waals surface area contributed by atoms with Crippen molar-refractivity contribution in [2.45, 2.75) is 26.7 Å². The smallest absolute Gasteiger partial charge is 0.133 e. The topological polar surface area (TPSA) is 46.5 Å². The third-order valence-corrected chi connectivity index (χ3v) is 0.969. The van der Waals surface area contributed by atoms with Crippen LogP contribution in [0.5, 0.6) is 0 Å². The van der Waals surface area contributed by atoms with Crippen molar-refractivity contribution < 1.29 is 14.0 Å². The van der Waals surface area contributed by atoms with Crippen molar-refractivity contribution in [2.75, 3.05) is 7.11 Å². The average Bonchev–Trinajstić information content (AvgIpc) is 1.89. The second-order valence-electron chi connectivity index (χ2n) is 1.42. The SMILES string of the molecule is CCCC.CO[P+](=O)O. The Balaban J connectivity index is 0. The Labute approximate surface area is 57.0 Å². The number of hydrogen-bond acceptors (Lipinski definition) is 2. The molecule has 0 radical (unpaired) electrons. The van der Waals surface area contributed by atoms with Crippen molar-refractivity contribution in [3.63, 3.8) is 0 Å². The Morgan fingerprint density at radius 2 is 1.67 bits per heavy atom. The summed E-state index contributed by atoms with van der Waals surface area (Å²) in [5.74, 6) is 0. The van der Waals surface area contributed by atoms with Crippen LogP contribution in [-0.2, 0) is 9.09 Å². The van der Waals surface area contributed by atoms with Crippen LogP contribution in [0.4, 0.5) is 0 Å². The monoisotopic (exact) mass is 153 g/mol. The molecular formula is C5H14O3P+. The molecule has 0 saturated carbocycles. The van der Waals surface area contributed by atoms with Gasteiger partial charge in [0.05, 0.1) is 7.11 Å². The van der Waals surface area contributed by atoms with Crippen molar-refractivity contribution in [3.05, 3.63) is 0 Å². The lowest BCUT2D eigenvalue weighted by Gasteiger charge is -1.68. The van der Waals surface area contributed by atoms with Crippen molar-refractivity contribution in [1.29, 1.82) is 0 Å². The summed E-state index contributed by atoms with van der Waals surface area (Å²) in [7, 11) is -1.18. The molecule has 0 aromatic rings. The van der Waals surface area contributed by atoms with Gasteiger partial charge in [-0.15, -0.1) is 9.42 Å². The number of unbranched alkanes of at least 4 members (excludes halogenated alkanes) is 1. The van der Waals surface area contributed by atoms with Crippen LogP contribution in [0.2, 0.25) is 0 Å². The maximum absolute atomic E-state index is 9.29. The van der Waals surface area contributed by atoms with Crippen LogP contribution in [-0.4, -0.2) is 12.0 Å². The van der Waals surface area contributed by atoms with E-state index in [1.807, 2.05) is 0 Å². The maximum atomic E-state index is 9.29. The van der Waals surface area contributed by atoms with Crippen LogP contribution in [0.3, 0.4) is 0 Å². The molecule has 0 aliphatic carbocycles. The molecule has 1 N–H and O–H groups in total. The standard InChI is InChI=1S/C4H10.CH3O3P/c1-3-4-2;1-4-5(2)3/h3-4H2,1-2H3;1H3/p+1. The van der Waals surface area contributed by atoms with Gasteiger partial charge in [-0.05, 0) is 0 Å². The predicted octanol–water partition coefficient (Wildman–Crippen LogP) is 2.09. The lowest BCUT2D eigenvalue weighted by Crippen LogP contribution is -1.57. The summed E-state index contributed by atoms with van der Waals surface area (Å²) < 4.78 is 13.1. The molecule has 1 atom stereocenters. The Morgan fingerprint density at radius 1 is 1.44 bits per heavy atom. The van der Waals surface area contributed by atoms with Gasteiger partial charge in [0.1, 0.15) is 0 Å². The minimum Gasteiger partial charge on any atom is -0.133 e. The number of hydrogen-bond donors (Lipinski definition) is 1. The zero-order valence-electron chi connectivity index (χ0n) is 6.13. The molecule has 0 spiro atoms. The highest BCUT2D eigenvalue weighted by Gasteiger charge is 2.02. The van der Waals surface area contributed by atoms with E-state index in [0.717, 1.165) is 0 Å². The van der Waals surface area contributed by atoms with E-state index in [-0.39, 0.29) is 0 Å². The Kier molecular flexibility index (Phi) is 14.3. The molecule has 1 unspecified atom stereocenters. The van der Waals surface area contributed by atoms with Crippen LogP contribution in [0.15, 0.2) is 0 Å². The molecule has 3 nitrogen and oxygen atoms in total. The predicted molar refractivity (Wildman–Crippen MR) is 37.4 cm³/mol. The summed E-state index contributed by atoms with van der Waals surface area (Å²) in [6, 6.07) is 0. The summed E-state index contributed by atoms with van der Waals surface area (Å²) in [4.78, 5) is 7.65. The molecular weight excluding hydrogens is 139 g/mol. The molecule has 0 saturated heterocycles. The largest absolute Gasteiger partial charge is 0.694 e. The van der Waals surface area contributed by atoms with E-state index in [4.69, 9.17) is 4.89 Å². The van der Waals surface area contributed by atoms with Gasteiger partial charge >= 0.3 is 8.25 Å². The van der Waals surface area contributed by atoms with Crippen LogP contribution in [0.1, 0.15) is 26.7 Å². The molecule has 9 heavy (non-hydrogen) atoms. The van der Waals surface area contributed by atoms with Gasteiger partial charge in [0, 0.05) is 4.57 Å². The lowest BCUT2D eigenvalue weighted by atomic mass is 10.4. The van der Waals surface area contributed by atoms with Crippen LogP contribution < -0.4 is 0 Å². The third kappa shape index (κ3) is 31.9. The minimum absolute atomic E-state index is 1.17. The average molecular weight is 153 g/mol. The second kappa shape index (κ2) is 10.9. The lowest BCUT2D eigenvalue weighted by molar-refractivity contribution is 0.343. The van der Waals surface area contributed by atoms with Gasteiger partial charge in [0.25, 0.3) is 0 Å². The van der Waals surface area contributed by atoms with E-state index in [2.05, 4.69) is 18.4 Å². The first kappa shape index (κ1) is 11.8. The molecule has 56 valence electrons. The van der Waals surface area contributed by atoms with E-state index in [9.17, 15) is 4.57 Å². The first-order chi connectivity index (χ1) is 4.18. The Bertz CT molecular complexity index is 63.2. The quantitative estimate of drug-likeness (QED) is 0.618. The molecule has 0 aliphatic rings. The van der Waals surface area contributed by atoms with E-state index in [0.29, 0.717) is 0 Å². The highest BCUT2D eigenvalue weighted by Crippen LogP contribution is 2.09. The molecule has 4 heteroatoms. The normalized spacial score (nSPS) is 9.56. The van der Waals surface area contributed by atoms with Crippen LogP contribution >= 0.6 is 8.25 Å². The van der Waals surface area contributed by atoms with Crippen molar-refractivity contribution in [2.24, 2.45) is 0 Å². The molecule has 0 rings (SSSR count). The fourth-order valence-corrected chi connectivity index (χ4v) is 0.